The molecule has 1 aromatic heterocycles. The van der Waals surface area contributed by atoms with Crippen molar-refractivity contribution in [1.82, 2.24) is 5.43 Å². The van der Waals surface area contributed by atoms with Crippen molar-refractivity contribution in [2.75, 3.05) is 13.2 Å². The van der Waals surface area contributed by atoms with Crippen LogP contribution in [0.2, 0.25) is 0 Å². The van der Waals surface area contributed by atoms with Crippen molar-refractivity contribution in [2.24, 2.45) is 5.84 Å². The zero-order chi connectivity index (χ0) is 10.2. The first-order valence-corrected chi connectivity index (χ1v) is 5.83. The lowest BCUT2D eigenvalue weighted by molar-refractivity contribution is 0.125. The summed E-state index contributed by atoms with van der Waals surface area (Å²) in [5, 5.41) is 2.06. The van der Waals surface area contributed by atoms with Crippen LogP contribution in [-0.4, -0.2) is 13.2 Å². The standard InChI is InChI=1S/C10H18N2OS/c1-2-6-13-7-5-9(12-11)10-4-3-8-14-10/h3-4,8-9,12H,2,5-7,11H2,1H3. The SMILES string of the molecule is CCCOCCC(NN)c1cccs1. The molecule has 0 bridgehead atoms. The lowest BCUT2D eigenvalue weighted by Crippen LogP contribution is -2.28. The van der Waals surface area contributed by atoms with Crippen molar-refractivity contribution in [3.8, 4) is 0 Å². The van der Waals surface area contributed by atoms with Gasteiger partial charge in [-0.1, -0.05) is 13.0 Å². The van der Waals surface area contributed by atoms with E-state index in [2.05, 4.69) is 23.8 Å². The molecule has 0 saturated carbocycles. The molecule has 0 aliphatic rings. The molecule has 1 aromatic rings. The highest BCUT2D eigenvalue weighted by molar-refractivity contribution is 7.10. The van der Waals surface area contributed by atoms with E-state index < -0.39 is 0 Å². The third-order valence-electron chi connectivity index (χ3n) is 1.99. The van der Waals surface area contributed by atoms with Gasteiger partial charge in [-0.15, -0.1) is 11.3 Å². The van der Waals surface area contributed by atoms with Crippen molar-refractivity contribution >= 4 is 11.3 Å². The molecule has 0 radical (unpaired) electrons. The summed E-state index contributed by atoms with van der Waals surface area (Å²) in [5.41, 5.74) is 2.81. The van der Waals surface area contributed by atoms with Crippen LogP contribution in [0, 0.1) is 0 Å². The van der Waals surface area contributed by atoms with Gasteiger partial charge >= 0.3 is 0 Å². The van der Waals surface area contributed by atoms with Crippen LogP contribution in [0.1, 0.15) is 30.7 Å². The maximum absolute atomic E-state index is 5.48. The Hall–Kier alpha value is -0.420. The minimum atomic E-state index is 0.229. The normalized spacial score (nSPS) is 13.0. The first kappa shape index (κ1) is 11.7. The Morgan fingerprint density at radius 1 is 1.57 bits per heavy atom. The molecule has 0 fully saturated rings. The maximum Gasteiger partial charge on any atom is 0.0575 e. The van der Waals surface area contributed by atoms with E-state index in [0.717, 1.165) is 26.1 Å². The molecule has 14 heavy (non-hydrogen) atoms. The number of hydrogen-bond acceptors (Lipinski definition) is 4. The Labute approximate surface area is 89.2 Å². The number of nitrogens with one attached hydrogen (secondary N) is 1. The van der Waals surface area contributed by atoms with Crippen molar-refractivity contribution in [1.29, 1.82) is 0 Å². The Morgan fingerprint density at radius 2 is 2.43 bits per heavy atom. The second kappa shape index (κ2) is 6.95. The largest absolute Gasteiger partial charge is 0.381 e. The highest BCUT2D eigenvalue weighted by Gasteiger charge is 2.09. The summed E-state index contributed by atoms with van der Waals surface area (Å²) in [6.45, 7) is 3.71. The molecule has 1 rings (SSSR count). The van der Waals surface area contributed by atoms with Crippen LogP contribution < -0.4 is 11.3 Å². The van der Waals surface area contributed by atoms with E-state index in [0.29, 0.717) is 0 Å². The summed E-state index contributed by atoms with van der Waals surface area (Å²) in [4.78, 5) is 1.27. The van der Waals surface area contributed by atoms with Gasteiger partial charge < -0.3 is 4.74 Å². The quantitative estimate of drug-likeness (QED) is 0.415. The van der Waals surface area contributed by atoms with Gasteiger partial charge in [-0.25, -0.2) is 0 Å². The second-order valence-electron chi connectivity index (χ2n) is 3.14. The smallest absolute Gasteiger partial charge is 0.0575 e. The van der Waals surface area contributed by atoms with Gasteiger partial charge in [0.1, 0.15) is 0 Å². The third kappa shape index (κ3) is 3.75. The van der Waals surface area contributed by atoms with Crippen molar-refractivity contribution in [3.05, 3.63) is 22.4 Å². The summed E-state index contributed by atoms with van der Waals surface area (Å²) in [7, 11) is 0. The molecule has 0 aliphatic carbocycles. The van der Waals surface area contributed by atoms with Gasteiger partial charge in [-0.3, -0.25) is 11.3 Å². The molecular weight excluding hydrogens is 196 g/mol. The summed E-state index contributed by atoms with van der Waals surface area (Å²) in [6, 6.07) is 4.36. The van der Waals surface area contributed by atoms with Crippen LogP contribution in [0.25, 0.3) is 0 Å². The Kier molecular flexibility index (Phi) is 5.78. The summed E-state index contributed by atoms with van der Waals surface area (Å²) in [6.07, 6.45) is 2.00. The van der Waals surface area contributed by atoms with Gasteiger partial charge in [-0.2, -0.15) is 0 Å². The summed E-state index contributed by atoms with van der Waals surface area (Å²) < 4.78 is 5.42. The Balaban J connectivity index is 2.26. The molecule has 0 spiro atoms. The number of hydrogen-bond donors (Lipinski definition) is 2. The number of thiophene rings is 1. The number of hydrazine groups is 1. The lowest BCUT2D eigenvalue weighted by atomic mass is 10.2. The molecule has 0 aliphatic heterocycles. The first-order valence-electron chi connectivity index (χ1n) is 4.95. The predicted octanol–water partition coefficient (Wildman–Crippen LogP) is 2.07. The Bertz CT molecular complexity index is 226. The molecule has 0 aromatic carbocycles. The number of rotatable bonds is 7. The van der Waals surface area contributed by atoms with Gasteiger partial charge in [0.2, 0.25) is 0 Å². The topological polar surface area (TPSA) is 47.3 Å². The molecule has 1 atom stereocenters. The van der Waals surface area contributed by atoms with E-state index in [-0.39, 0.29) is 6.04 Å². The van der Waals surface area contributed by atoms with Crippen LogP contribution in [-0.2, 0) is 4.74 Å². The molecule has 1 heterocycles. The minimum Gasteiger partial charge on any atom is -0.381 e. The molecule has 80 valence electrons. The molecule has 1 unspecified atom stereocenters. The van der Waals surface area contributed by atoms with E-state index in [1.54, 1.807) is 11.3 Å². The highest BCUT2D eigenvalue weighted by Crippen LogP contribution is 2.20. The molecule has 3 N–H and O–H groups in total. The van der Waals surface area contributed by atoms with Crippen molar-refractivity contribution in [3.63, 3.8) is 0 Å². The fourth-order valence-corrected chi connectivity index (χ4v) is 2.07. The van der Waals surface area contributed by atoms with E-state index in [1.165, 1.54) is 4.88 Å². The monoisotopic (exact) mass is 214 g/mol. The first-order chi connectivity index (χ1) is 6.88. The second-order valence-corrected chi connectivity index (χ2v) is 4.11. The molecular formula is C10H18N2OS. The van der Waals surface area contributed by atoms with Gasteiger partial charge in [-0.05, 0) is 24.3 Å². The van der Waals surface area contributed by atoms with E-state index >= 15 is 0 Å². The van der Waals surface area contributed by atoms with E-state index in [4.69, 9.17) is 10.6 Å². The fraction of sp³-hybridized carbons (Fsp3) is 0.600. The molecule has 3 nitrogen and oxygen atoms in total. The van der Waals surface area contributed by atoms with Gasteiger partial charge in [0.05, 0.1) is 6.04 Å². The molecule has 0 amide bonds. The number of ether oxygens (including phenoxy) is 1. The van der Waals surface area contributed by atoms with Crippen molar-refractivity contribution in [2.45, 2.75) is 25.8 Å². The van der Waals surface area contributed by atoms with Crippen molar-refractivity contribution < 1.29 is 4.74 Å². The predicted molar refractivity (Wildman–Crippen MR) is 60.1 cm³/mol. The van der Waals surface area contributed by atoms with E-state index in [1.807, 2.05) is 6.07 Å². The van der Waals surface area contributed by atoms with Crippen LogP contribution in [0.4, 0.5) is 0 Å². The lowest BCUT2D eigenvalue weighted by Gasteiger charge is -2.13. The van der Waals surface area contributed by atoms with E-state index in [9.17, 15) is 0 Å². The zero-order valence-corrected chi connectivity index (χ0v) is 9.35. The average molecular weight is 214 g/mol. The van der Waals surface area contributed by atoms with Crippen LogP contribution in [0.5, 0.6) is 0 Å². The molecule has 4 heteroatoms. The maximum atomic E-state index is 5.48. The van der Waals surface area contributed by atoms with Gasteiger partial charge in [0.25, 0.3) is 0 Å². The zero-order valence-electron chi connectivity index (χ0n) is 8.53. The van der Waals surface area contributed by atoms with Crippen LogP contribution in [0.3, 0.4) is 0 Å². The highest BCUT2D eigenvalue weighted by atomic mass is 32.1. The summed E-state index contributed by atoms with van der Waals surface area (Å²) >= 11 is 1.72. The Morgan fingerprint density at radius 3 is 3.00 bits per heavy atom. The van der Waals surface area contributed by atoms with Crippen LogP contribution in [0.15, 0.2) is 17.5 Å². The fourth-order valence-electron chi connectivity index (χ4n) is 1.24. The third-order valence-corrected chi connectivity index (χ3v) is 2.97. The molecule has 0 saturated heterocycles. The van der Waals surface area contributed by atoms with Gasteiger partial charge in [0, 0.05) is 18.1 Å². The summed E-state index contributed by atoms with van der Waals surface area (Å²) in [5.74, 6) is 5.48. The van der Waals surface area contributed by atoms with Crippen LogP contribution >= 0.6 is 11.3 Å². The average Bonchev–Trinajstić information content (AvgIpc) is 2.71. The minimum absolute atomic E-state index is 0.229. The number of nitrogens with two attached hydrogens (primary N) is 1. The van der Waals surface area contributed by atoms with Gasteiger partial charge in [0.15, 0.2) is 0 Å².